The Kier molecular flexibility index (Phi) is 4.32. The standard InChI is InChI=1S/C23H18ClFN4/c1-14-3-2-12-29-22(21(26-23(14)29)16-6-10-18(25)11-7-16)20-13-19(27-28-20)15-4-8-17(24)9-5-15/h2-12,20,28H,13H2,1H3. The molecule has 4 nitrogen and oxygen atoms in total. The molecule has 2 aromatic heterocycles. The van der Waals surface area contributed by atoms with E-state index in [0.29, 0.717) is 5.02 Å². The zero-order valence-corrected chi connectivity index (χ0v) is 16.5. The first-order chi connectivity index (χ1) is 14.1. The van der Waals surface area contributed by atoms with E-state index in [1.165, 1.54) is 12.1 Å². The van der Waals surface area contributed by atoms with Gasteiger partial charge >= 0.3 is 0 Å². The molecule has 0 saturated heterocycles. The summed E-state index contributed by atoms with van der Waals surface area (Å²) in [6.45, 7) is 2.04. The molecule has 0 aliphatic carbocycles. The summed E-state index contributed by atoms with van der Waals surface area (Å²) in [5.74, 6) is -0.261. The molecule has 0 radical (unpaired) electrons. The molecule has 5 rings (SSSR count). The van der Waals surface area contributed by atoms with Gasteiger partial charge in [-0.3, -0.25) is 0 Å². The molecular formula is C23H18ClFN4. The Labute approximate surface area is 172 Å². The number of hydrogen-bond donors (Lipinski definition) is 1. The van der Waals surface area contributed by atoms with E-state index in [-0.39, 0.29) is 11.9 Å². The van der Waals surface area contributed by atoms with E-state index in [2.05, 4.69) is 14.9 Å². The first-order valence-electron chi connectivity index (χ1n) is 9.42. The van der Waals surface area contributed by atoms with E-state index in [1.807, 2.05) is 49.5 Å². The van der Waals surface area contributed by atoms with E-state index in [9.17, 15) is 4.39 Å². The average Bonchev–Trinajstić information content (AvgIpc) is 3.35. The molecule has 2 aromatic carbocycles. The van der Waals surface area contributed by atoms with Crippen molar-refractivity contribution >= 4 is 23.0 Å². The van der Waals surface area contributed by atoms with Gasteiger partial charge in [0.2, 0.25) is 0 Å². The van der Waals surface area contributed by atoms with Crippen molar-refractivity contribution in [2.45, 2.75) is 19.4 Å². The van der Waals surface area contributed by atoms with Gasteiger partial charge in [0.05, 0.1) is 23.1 Å². The van der Waals surface area contributed by atoms with E-state index < -0.39 is 0 Å². The Bertz CT molecular complexity index is 1230. The zero-order valence-electron chi connectivity index (χ0n) is 15.7. The highest BCUT2D eigenvalue weighted by Crippen LogP contribution is 2.34. The number of aromatic nitrogens is 2. The number of nitrogens with one attached hydrogen (secondary N) is 1. The van der Waals surface area contributed by atoms with Crippen LogP contribution >= 0.6 is 11.6 Å². The summed E-state index contributed by atoms with van der Waals surface area (Å²) in [7, 11) is 0. The lowest BCUT2D eigenvalue weighted by atomic mass is 9.99. The molecule has 1 N–H and O–H groups in total. The number of aryl methyl sites for hydroxylation is 1. The minimum atomic E-state index is -0.261. The number of hydrogen-bond acceptors (Lipinski definition) is 3. The van der Waals surface area contributed by atoms with E-state index in [0.717, 1.165) is 45.9 Å². The predicted molar refractivity (Wildman–Crippen MR) is 114 cm³/mol. The summed E-state index contributed by atoms with van der Waals surface area (Å²) >= 11 is 6.01. The Morgan fingerprint density at radius 3 is 2.52 bits per heavy atom. The smallest absolute Gasteiger partial charge is 0.140 e. The van der Waals surface area contributed by atoms with Crippen LogP contribution in [-0.2, 0) is 0 Å². The number of pyridine rings is 1. The van der Waals surface area contributed by atoms with Crippen molar-refractivity contribution in [2.24, 2.45) is 5.10 Å². The predicted octanol–water partition coefficient (Wildman–Crippen LogP) is 5.54. The van der Waals surface area contributed by atoms with Crippen LogP contribution in [0.25, 0.3) is 16.9 Å². The van der Waals surface area contributed by atoms with Crippen LogP contribution in [0, 0.1) is 12.7 Å². The SMILES string of the molecule is Cc1cccn2c(C3CC(c4ccc(Cl)cc4)=NN3)c(-c3ccc(F)cc3)nc12. The Hall–Kier alpha value is -3.18. The van der Waals surface area contributed by atoms with Crippen LogP contribution in [0.4, 0.5) is 4.39 Å². The summed E-state index contributed by atoms with van der Waals surface area (Å²) in [5, 5.41) is 5.28. The van der Waals surface area contributed by atoms with Crippen LogP contribution in [-0.4, -0.2) is 15.1 Å². The maximum atomic E-state index is 13.5. The van der Waals surface area contributed by atoms with Gasteiger partial charge in [-0.25, -0.2) is 9.37 Å². The maximum absolute atomic E-state index is 13.5. The van der Waals surface area contributed by atoms with Crippen molar-refractivity contribution in [3.8, 4) is 11.3 Å². The molecule has 6 heteroatoms. The lowest BCUT2D eigenvalue weighted by Crippen LogP contribution is -2.13. The van der Waals surface area contributed by atoms with Crippen molar-refractivity contribution in [3.05, 3.63) is 94.5 Å². The van der Waals surface area contributed by atoms with Gasteiger partial charge < -0.3 is 9.83 Å². The fourth-order valence-corrected chi connectivity index (χ4v) is 3.92. The second kappa shape index (κ2) is 7.01. The Morgan fingerprint density at radius 1 is 1.03 bits per heavy atom. The third-order valence-corrected chi connectivity index (χ3v) is 5.51. The van der Waals surface area contributed by atoms with Crippen LogP contribution in [0.15, 0.2) is 72.0 Å². The van der Waals surface area contributed by atoms with Crippen LogP contribution < -0.4 is 5.43 Å². The molecule has 144 valence electrons. The summed E-state index contributed by atoms with van der Waals surface area (Å²) in [4.78, 5) is 4.90. The molecule has 3 heterocycles. The van der Waals surface area contributed by atoms with Crippen LogP contribution in [0.5, 0.6) is 0 Å². The number of hydrazone groups is 1. The quantitative estimate of drug-likeness (QED) is 0.487. The molecule has 0 amide bonds. The van der Waals surface area contributed by atoms with Gasteiger partial charge in [-0.05, 0) is 60.5 Å². The summed E-state index contributed by atoms with van der Waals surface area (Å²) < 4.78 is 15.6. The zero-order chi connectivity index (χ0) is 20.0. The van der Waals surface area contributed by atoms with Crippen LogP contribution in [0.1, 0.15) is 29.3 Å². The third kappa shape index (κ3) is 3.17. The van der Waals surface area contributed by atoms with Gasteiger partial charge in [-0.2, -0.15) is 5.10 Å². The van der Waals surface area contributed by atoms with Crippen LogP contribution in [0.2, 0.25) is 5.02 Å². The van der Waals surface area contributed by atoms with Crippen molar-refractivity contribution in [1.82, 2.24) is 14.8 Å². The van der Waals surface area contributed by atoms with Crippen molar-refractivity contribution in [3.63, 3.8) is 0 Å². The molecule has 0 spiro atoms. The molecule has 1 aliphatic heterocycles. The van der Waals surface area contributed by atoms with Gasteiger partial charge in [0.25, 0.3) is 0 Å². The minimum Gasteiger partial charge on any atom is -0.301 e. The molecule has 1 aliphatic rings. The first-order valence-corrected chi connectivity index (χ1v) is 9.79. The number of rotatable bonds is 3. The van der Waals surface area contributed by atoms with Gasteiger partial charge in [-0.1, -0.05) is 29.8 Å². The van der Waals surface area contributed by atoms with Crippen molar-refractivity contribution < 1.29 is 4.39 Å². The normalized spacial score (nSPS) is 16.1. The number of fused-ring (bicyclic) bond motifs is 1. The lowest BCUT2D eigenvalue weighted by Gasteiger charge is -2.13. The minimum absolute atomic E-state index is 0.0440. The van der Waals surface area contributed by atoms with Gasteiger partial charge in [0.1, 0.15) is 11.5 Å². The monoisotopic (exact) mass is 404 g/mol. The Morgan fingerprint density at radius 2 is 1.76 bits per heavy atom. The molecule has 4 aromatic rings. The first kappa shape index (κ1) is 17.9. The molecular weight excluding hydrogens is 387 g/mol. The molecule has 1 atom stereocenters. The molecule has 0 saturated carbocycles. The summed E-state index contributed by atoms with van der Waals surface area (Å²) in [6, 6.07) is 18.2. The highest BCUT2D eigenvalue weighted by atomic mass is 35.5. The molecule has 29 heavy (non-hydrogen) atoms. The van der Waals surface area contributed by atoms with Gasteiger partial charge in [0.15, 0.2) is 0 Å². The second-order valence-electron chi connectivity index (χ2n) is 7.19. The van der Waals surface area contributed by atoms with Crippen LogP contribution in [0.3, 0.4) is 0 Å². The largest absolute Gasteiger partial charge is 0.301 e. The fourth-order valence-electron chi connectivity index (χ4n) is 3.80. The Balaban J connectivity index is 1.59. The third-order valence-electron chi connectivity index (χ3n) is 5.26. The highest BCUT2D eigenvalue weighted by molar-refractivity contribution is 6.30. The second-order valence-corrected chi connectivity index (χ2v) is 7.62. The lowest BCUT2D eigenvalue weighted by molar-refractivity contribution is 0.599. The number of benzene rings is 2. The topological polar surface area (TPSA) is 41.7 Å². The number of imidazole rings is 1. The van der Waals surface area contributed by atoms with E-state index in [1.54, 1.807) is 12.1 Å². The summed E-state index contributed by atoms with van der Waals surface area (Å²) in [5.41, 5.74) is 10.00. The molecule has 0 fully saturated rings. The van der Waals surface area contributed by atoms with E-state index >= 15 is 0 Å². The van der Waals surface area contributed by atoms with Crippen molar-refractivity contribution in [1.29, 1.82) is 0 Å². The van der Waals surface area contributed by atoms with Gasteiger partial charge in [0, 0.05) is 23.2 Å². The fraction of sp³-hybridized carbons (Fsp3) is 0.130. The highest BCUT2D eigenvalue weighted by Gasteiger charge is 2.28. The molecule has 1 unspecified atom stereocenters. The van der Waals surface area contributed by atoms with Crippen molar-refractivity contribution in [2.75, 3.05) is 0 Å². The van der Waals surface area contributed by atoms with E-state index in [4.69, 9.17) is 16.6 Å². The maximum Gasteiger partial charge on any atom is 0.140 e. The average molecular weight is 405 g/mol. The number of nitrogens with zero attached hydrogens (tertiary/aromatic N) is 3. The number of halogens is 2. The molecule has 0 bridgehead atoms. The van der Waals surface area contributed by atoms with Gasteiger partial charge in [-0.15, -0.1) is 0 Å². The summed E-state index contributed by atoms with van der Waals surface area (Å²) in [6.07, 6.45) is 2.73.